The Hall–Kier alpha value is -1.13. The molecule has 0 spiro atoms. The van der Waals surface area contributed by atoms with Crippen molar-refractivity contribution in [1.82, 2.24) is 9.55 Å². The molecule has 1 aliphatic rings. The number of nitrogens with zero attached hydrogens (tertiary/aromatic N) is 2. The third-order valence-electron chi connectivity index (χ3n) is 3.55. The molecule has 1 fully saturated rings. The van der Waals surface area contributed by atoms with Gasteiger partial charge in [-0.15, -0.1) is 0 Å². The highest BCUT2D eigenvalue weighted by Gasteiger charge is 2.32. The number of rotatable bonds is 4. The maximum Gasteiger partial charge on any atom is 0.0954 e. The van der Waals surface area contributed by atoms with E-state index in [1.807, 2.05) is 24.7 Å². The molecule has 0 radical (unpaired) electrons. The van der Waals surface area contributed by atoms with Crippen LogP contribution in [-0.4, -0.2) is 16.1 Å². The summed E-state index contributed by atoms with van der Waals surface area (Å²) in [5, 5.41) is 0. The molecule has 94 valence electrons. The van der Waals surface area contributed by atoms with Crippen molar-refractivity contribution in [3.05, 3.63) is 41.3 Å². The van der Waals surface area contributed by atoms with Crippen LogP contribution in [-0.2, 0) is 0 Å². The van der Waals surface area contributed by atoms with Crippen LogP contribution in [0.3, 0.4) is 0 Å². The molecule has 0 aliphatic heterocycles. The largest absolute Gasteiger partial charge is 0.328 e. The Morgan fingerprint density at radius 2 is 2.28 bits per heavy atom. The Labute approximate surface area is 115 Å². The van der Waals surface area contributed by atoms with Gasteiger partial charge in [0.15, 0.2) is 0 Å². The van der Waals surface area contributed by atoms with E-state index in [1.54, 1.807) is 0 Å². The van der Waals surface area contributed by atoms with Crippen LogP contribution < -0.4 is 5.73 Å². The minimum atomic E-state index is 0.390. The zero-order valence-corrected chi connectivity index (χ0v) is 11.7. The number of nitrogens with two attached hydrogens (primary N) is 1. The van der Waals surface area contributed by atoms with Gasteiger partial charge in [0.25, 0.3) is 0 Å². The van der Waals surface area contributed by atoms with Crippen LogP contribution in [0.15, 0.2) is 41.3 Å². The first-order valence-electron chi connectivity index (χ1n) is 6.27. The van der Waals surface area contributed by atoms with Crippen molar-refractivity contribution in [1.29, 1.82) is 0 Å². The maximum atomic E-state index is 5.92. The van der Waals surface area contributed by atoms with Gasteiger partial charge in [0.1, 0.15) is 0 Å². The van der Waals surface area contributed by atoms with Crippen molar-refractivity contribution in [2.24, 2.45) is 11.7 Å². The molecular formula is C14H16BrN3. The molecule has 3 rings (SSSR count). The van der Waals surface area contributed by atoms with Crippen molar-refractivity contribution >= 4 is 15.9 Å². The van der Waals surface area contributed by atoms with Gasteiger partial charge in [-0.05, 0) is 30.9 Å². The molecular weight excluding hydrogens is 290 g/mol. The van der Waals surface area contributed by atoms with Gasteiger partial charge in [0.05, 0.1) is 24.3 Å². The second-order valence-corrected chi connectivity index (χ2v) is 5.75. The Bertz CT molecular complexity index is 545. The summed E-state index contributed by atoms with van der Waals surface area (Å²) in [6.07, 6.45) is 6.41. The van der Waals surface area contributed by atoms with Crippen LogP contribution in [0.2, 0.25) is 0 Å². The van der Waals surface area contributed by atoms with E-state index in [1.165, 1.54) is 18.4 Å². The Morgan fingerprint density at radius 1 is 1.44 bits per heavy atom. The molecule has 2 N–H and O–H groups in total. The average molecular weight is 306 g/mol. The lowest BCUT2D eigenvalue weighted by Crippen LogP contribution is -2.21. The van der Waals surface area contributed by atoms with Crippen molar-refractivity contribution in [3.63, 3.8) is 0 Å². The fourth-order valence-electron chi connectivity index (χ4n) is 2.45. The summed E-state index contributed by atoms with van der Waals surface area (Å²) < 4.78 is 3.32. The second kappa shape index (κ2) is 4.86. The van der Waals surface area contributed by atoms with Crippen LogP contribution >= 0.6 is 15.9 Å². The first kappa shape index (κ1) is 11.9. The van der Waals surface area contributed by atoms with E-state index < -0.39 is 0 Å². The van der Waals surface area contributed by atoms with Crippen molar-refractivity contribution in [2.45, 2.75) is 18.9 Å². The monoisotopic (exact) mass is 305 g/mol. The minimum absolute atomic E-state index is 0.390. The van der Waals surface area contributed by atoms with Crippen molar-refractivity contribution in [3.8, 4) is 11.3 Å². The summed E-state index contributed by atoms with van der Waals surface area (Å²) in [6.45, 7) is 0.683. The van der Waals surface area contributed by atoms with Gasteiger partial charge in [-0.2, -0.15) is 0 Å². The van der Waals surface area contributed by atoms with E-state index >= 15 is 0 Å². The molecule has 1 saturated carbocycles. The van der Waals surface area contributed by atoms with E-state index in [-0.39, 0.29) is 0 Å². The first-order valence-corrected chi connectivity index (χ1v) is 7.06. The Morgan fingerprint density at radius 3 is 2.94 bits per heavy atom. The number of hydrogen-bond acceptors (Lipinski definition) is 2. The molecule has 18 heavy (non-hydrogen) atoms. The van der Waals surface area contributed by atoms with Crippen LogP contribution in [0.25, 0.3) is 11.3 Å². The molecule has 3 nitrogen and oxygen atoms in total. The predicted molar refractivity (Wildman–Crippen MR) is 76.2 cm³/mol. The second-order valence-electron chi connectivity index (χ2n) is 4.84. The lowest BCUT2D eigenvalue weighted by Gasteiger charge is -2.19. The van der Waals surface area contributed by atoms with E-state index in [4.69, 9.17) is 5.73 Å². The Balaban J connectivity index is 2.00. The third kappa shape index (κ3) is 2.22. The Kier molecular flexibility index (Phi) is 3.22. The fraction of sp³-hybridized carbons (Fsp3) is 0.357. The molecule has 0 bridgehead atoms. The van der Waals surface area contributed by atoms with Crippen molar-refractivity contribution < 1.29 is 0 Å². The SMILES string of the molecule is NCC(C1CC1)n1cncc1-c1cccc(Br)c1. The van der Waals surface area contributed by atoms with E-state index in [2.05, 4.69) is 37.6 Å². The standard InChI is InChI=1S/C14H16BrN3/c15-12-3-1-2-11(6-12)14-8-17-9-18(14)13(7-16)10-4-5-10/h1-3,6,8-10,13H,4-5,7,16H2. The van der Waals surface area contributed by atoms with E-state index in [9.17, 15) is 0 Å². The van der Waals surface area contributed by atoms with Crippen molar-refractivity contribution in [2.75, 3.05) is 6.54 Å². The topological polar surface area (TPSA) is 43.8 Å². The van der Waals surface area contributed by atoms with Gasteiger partial charge in [-0.1, -0.05) is 28.1 Å². The fourth-order valence-corrected chi connectivity index (χ4v) is 2.85. The highest BCUT2D eigenvalue weighted by Crippen LogP contribution is 2.40. The first-order chi connectivity index (χ1) is 8.79. The average Bonchev–Trinajstić information content (AvgIpc) is 3.08. The molecule has 1 aliphatic carbocycles. The smallest absolute Gasteiger partial charge is 0.0954 e. The van der Waals surface area contributed by atoms with Gasteiger partial charge in [-0.25, -0.2) is 4.98 Å². The van der Waals surface area contributed by atoms with Gasteiger partial charge in [0, 0.05) is 16.6 Å². The third-order valence-corrected chi connectivity index (χ3v) is 4.04. The minimum Gasteiger partial charge on any atom is -0.328 e. The summed E-state index contributed by atoms with van der Waals surface area (Å²) in [5.41, 5.74) is 8.26. The lowest BCUT2D eigenvalue weighted by molar-refractivity contribution is 0.458. The molecule has 1 unspecified atom stereocenters. The van der Waals surface area contributed by atoms with Crippen LogP contribution in [0.5, 0.6) is 0 Å². The summed E-state index contributed by atoms with van der Waals surface area (Å²) in [5.74, 6) is 0.732. The summed E-state index contributed by atoms with van der Waals surface area (Å²) >= 11 is 3.51. The van der Waals surface area contributed by atoms with Gasteiger partial charge >= 0.3 is 0 Å². The quantitative estimate of drug-likeness (QED) is 0.942. The van der Waals surface area contributed by atoms with Crippen LogP contribution in [0.4, 0.5) is 0 Å². The summed E-state index contributed by atoms with van der Waals surface area (Å²) in [6, 6.07) is 8.70. The molecule has 1 atom stereocenters. The number of hydrogen-bond donors (Lipinski definition) is 1. The molecule has 4 heteroatoms. The molecule has 0 saturated heterocycles. The summed E-state index contributed by atoms with van der Waals surface area (Å²) in [4.78, 5) is 4.30. The molecule has 1 aromatic carbocycles. The highest BCUT2D eigenvalue weighted by atomic mass is 79.9. The zero-order valence-electron chi connectivity index (χ0n) is 10.1. The number of imidazole rings is 1. The van der Waals surface area contributed by atoms with Crippen LogP contribution in [0.1, 0.15) is 18.9 Å². The highest BCUT2D eigenvalue weighted by molar-refractivity contribution is 9.10. The summed E-state index contributed by atoms with van der Waals surface area (Å²) in [7, 11) is 0. The number of benzene rings is 1. The van der Waals surface area contributed by atoms with Gasteiger partial charge < -0.3 is 10.3 Å². The molecule has 1 heterocycles. The number of aromatic nitrogens is 2. The normalized spacial score (nSPS) is 16.8. The zero-order chi connectivity index (χ0) is 12.5. The van der Waals surface area contributed by atoms with E-state index in [0.717, 1.165) is 16.1 Å². The van der Waals surface area contributed by atoms with Crippen LogP contribution in [0, 0.1) is 5.92 Å². The molecule has 0 amide bonds. The molecule has 1 aromatic heterocycles. The van der Waals surface area contributed by atoms with E-state index in [0.29, 0.717) is 12.6 Å². The predicted octanol–water partition coefficient (Wildman–Crippen LogP) is 3.22. The number of halogens is 1. The van der Waals surface area contributed by atoms with Gasteiger partial charge in [0.2, 0.25) is 0 Å². The maximum absolute atomic E-state index is 5.92. The van der Waals surface area contributed by atoms with Gasteiger partial charge in [-0.3, -0.25) is 0 Å². The lowest BCUT2D eigenvalue weighted by atomic mass is 10.1. The molecule has 2 aromatic rings.